The molecule has 1 aliphatic carbocycles. The van der Waals surface area contributed by atoms with Crippen molar-refractivity contribution in [1.29, 1.82) is 0 Å². The van der Waals surface area contributed by atoms with Gasteiger partial charge in [0.2, 0.25) is 10.0 Å². The van der Waals surface area contributed by atoms with E-state index < -0.39 is 10.0 Å². The molecule has 0 bridgehead atoms. The molecule has 2 aliphatic rings. The van der Waals surface area contributed by atoms with Crippen LogP contribution in [0, 0.1) is 12.8 Å². The van der Waals surface area contributed by atoms with Crippen LogP contribution in [-0.4, -0.2) is 48.1 Å². The van der Waals surface area contributed by atoms with E-state index in [9.17, 15) is 8.42 Å². The molecule has 136 valence electrons. The van der Waals surface area contributed by atoms with Crippen molar-refractivity contribution in [2.24, 2.45) is 5.92 Å². The summed E-state index contributed by atoms with van der Waals surface area (Å²) in [6.45, 7) is 5.60. The first kappa shape index (κ1) is 17.2. The molecule has 0 amide bonds. The molecule has 4 rings (SSSR count). The number of sulfonamides is 1. The molecule has 3 heterocycles. The third-order valence-corrected chi connectivity index (χ3v) is 8.17. The lowest BCUT2D eigenvalue weighted by atomic mass is 9.97. The molecule has 0 unspecified atom stereocenters. The number of thiophene rings is 1. The van der Waals surface area contributed by atoms with Crippen molar-refractivity contribution in [3.63, 3.8) is 0 Å². The number of aromatic nitrogens is 2. The average Bonchev–Trinajstić information content (AvgIpc) is 2.91. The zero-order valence-corrected chi connectivity index (χ0v) is 16.3. The molecule has 0 spiro atoms. The molecule has 8 heteroatoms. The van der Waals surface area contributed by atoms with Crippen LogP contribution in [0.25, 0.3) is 10.2 Å². The second-order valence-electron chi connectivity index (χ2n) is 6.97. The molecule has 6 nitrogen and oxygen atoms in total. The second-order valence-corrected chi connectivity index (χ2v) is 10.3. The van der Waals surface area contributed by atoms with E-state index >= 15 is 0 Å². The highest BCUT2D eigenvalue weighted by atomic mass is 32.2. The van der Waals surface area contributed by atoms with Crippen LogP contribution < -0.4 is 5.32 Å². The molecule has 0 aromatic carbocycles. The predicted octanol–water partition coefficient (Wildman–Crippen LogP) is 2.57. The van der Waals surface area contributed by atoms with E-state index in [1.165, 1.54) is 28.7 Å². The van der Waals surface area contributed by atoms with Gasteiger partial charge in [-0.25, -0.2) is 22.7 Å². The third-order valence-electron chi connectivity index (χ3n) is 5.17. The highest BCUT2D eigenvalue weighted by Crippen LogP contribution is 2.38. The largest absolute Gasteiger partial charge is 0.369 e. The molecule has 1 saturated heterocycles. The Morgan fingerprint density at radius 2 is 2.00 bits per heavy atom. The summed E-state index contributed by atoms with van der Waals surface area (Å²) >= 11 is 1.81. The first-order valence-electron chi connectivity index (χ1n) is 8.98. The number of rotatable bonds is 5. The van der Waals surface area contributed by atoms with Gasteiger partial charge in [0.1, 0.15) is 16.5 Å². The maximum atomic E-state index is 11.8. The quantitative estimate of drug-likeness (QED) is 0.863. The molecule has 0 atom stereocenters. The normalized spacial score (nSPS) is 19.0. The fourth-order valence-electron chi connectivity index (χ4n) is 3.69. The van der Waals surface area contributed by atoms with Gasteiger partial charge in [0.05, 0.1) is 11.1 Å². The van der Waals surface area contributed by atoms with Crippen LogP contribution in [0.1, 0.15) is 36.0 Å². The second kappa shape index (κ2) is 6.48. The molecule has 2 aromatic rings. The molecular formula is C17H24N4O2S2. The van der Waals surface area contributed by atoms with Gasteiger partial charge in [-0.05, 0) is 45.1 Å². The minimum atomic E-state index is -3.04. The molecule has 0 saturated carbocycles. The summed E-state index contributed by atoms with van der Waals surface area (Å²) in [5.41, 5.74) is 1.43. The fourth-order valence-corrected chi connectivity index (χ4v) is 6.24. The molecule has 1 fully saturated rings. The molecule has 0 radical (unpaired) electrons. The Morgan fingerprint density at radius 3 is 2.76 bits per heavy atom. The maximum absolute atomic E-state index is 11.8. The van der Waals surface area contributed by atoms with E-state index in [2.05, 4.69) is 15.3 Å². The number of hydrogen-bond acceptors (Lipinski definition) is 6. The summed E-state index contributed by atoms with van der Waals surface area (Å²) in [5, 5.41) is 4.69. The van der Waals surface area contributed by atoms with Crippen molar-refractivity contribution in [2.45, 2.75) is 39.5 Å². The highest BCUT2D eigenvalue weighted by Gasteiger charge is 2.34. The predicted molar refractivity (Wildman–Crippen MR) is 102 cm³/mol. The fraction of sp³-hybridized carbons (Fsp3) is 0.647. The summed E-state index contributed by atoms with van der Waals surface area (Å²) in [6.07, 6.45) is 4.76. The Hall–Kier alpha value is -1.25. The van der Waals surface area contributed by atoms with Crippen molar-refractivity contribution >= 4 is 37.4 Å². The maximum Gasteiger partial charge on any atom is 0.213 e. The van der Waals surface area contributed by atoms with E-state index in [4.69, 9.17) is 0 Å². The SMILES string of the molecule is CCS(=O)(=O)N1CC(CNc2nc(C)nc3sc4c(c23)CCCC4)C1. The molecule has 1 aliphatic heterocycles. The van der Waals surface area contributed by atoms with E-state index in [1.807, 2.05) is 18.3 Å². The number of nitrogens with zero attached hydrogens (tertiary/aromatic N) is 3. The summed E-state index contributed by atoms with van der Waals surface area (Å²) in [4.78, 5) is 11.8. The van der Waals surface area contributed by atoms with Crippen molar-refractivity contribution < 1.29 is 8.42 Å². The van der Waals surface area contributed by atoms with Gasteiger partial charge in [-0.1, -0.05) is 0 Å². The van der Waals surface area contributed by atoms with E-state index in [0.29, 0.717) is 19.0 Å². The number of fused-ring (bicyclic) bond motifs is 3. The molecular weight excluding hydrogens is 356 g/mol. The minimum absolute atomic E-state index is 0.180. The van der Waals surface area contributed by atoms with Gasteiger partial charge in [0.25, 0.3) is 0 Å². The Balaban J connectivity index is 1.51. The Kier molecular flexibility index (Phi) is 4.45. The standard InChI is InChI=1S/C17H24N4O2S2/c1-3-25(22,23)21-9-12(10-21)8-18-16-15-13-6-4-5-7-14(13)24-17(15)20-11(2)19-16/h12H,3-10H2,1-2H3,(H,18,19,20). The van der Waals surface area contributed by atoms with E-state index in [-0.39, 0.29) is 5.75 Å². The molecule has 2 aromatic heterocycles. The van der Waals surface area contributed by atoms with Crippen LogP contribution >= 0.6 is 11.3 Å². The third kappa shape index (κ3) is 3.15. The van der Waals surface area contributed by atoms with Gasteiger partial charge < -0.3 is 5.32 Å². The summed E-state index contributed by atoms with van der Waals surface area (Å²) in [7, 11) is -3.04. The summed E-state index contributed by atoms with van der Waals surface area (Å²) in [5.74, 6) is 2.25. The van der Waals surface area contributed by atoms with Gasteiger partial charge >= 0.3 is 0 Å². The van der Waals surface area contributed by atoms with Crippen molar-refractivity contribution in [3.8, 4) is 0 Å². The van der Waals surface area contributed by atoms with Gasteiger partial charge in [-0.3, -0.25) is 0 Å². The molecule has 25 heavy (non-hydrogen) atoms. The van der Waals surface area contributed by atoms with E-state index in [0.717, 1.165) is 35.9 Å². The Labute approximate surface area is 152 Å². The van der Waals surface area contributed by atoms with Gasteiger partial charge in [0, 0.05) is 30.4 Å². The highest BCUT2D eigenvalue weighted by molar-refractivity contribution is 7.89. The topological polar surface area (TPSA) is 75.2 Å². The van der Waals surface area contributed by atoms with Crippen molar-refractivity contribution in [1.82, 2.24) is 14.3 Å². The van der Waals surface area contributed by atoms with Crippen LogP contribution in [0.2, 0.25) is 0 Å². The Bertz CT molecular complexity index is 901. The summed E-state index contributed by atoms with van der Waals surface area (Å²) < 4.78 is 25.2. The van der Waals surface area contributed by atoms with Crippen molar-refractivity contribution in [2.75, 3.05) is 30.7 Å². The lowest BCUT2D eigenvalue weighted by Gasteiger charge is -2.38. The lowest BCUT2D eigenvalue weighted by Crippen LogP contribution is -2.52. The lowest BCUT2D eigenvalue weighted by molar-refractivity contribution is 0.212. The van der Waals surface area contributed by atoms with Crippen LogP contribution in [-0.2, 0) is 22.9 Å². The van der Waals surface area contributed by atoms with E-state index in [1.54, 1.807) is 11.2 Å². The minimum Gasteiger partial charge on any atom is -0.369 e. The van der Waals surface area contributed by atoms with Gasteiger partial charge in [-0.15, -0.1) is 11.3 Å². The summed E-state index contributed by atoms with van der Waals surface area (Å²) in [6, 6.07) is 0. The smallest absolute Gasteiger partial charge is 0.213 e. The zero-order valence-electron chi connectivity index (χ0n) is 14.7. The number of nitrogens with one attached hydrogen (secondary N) is 1. The van der Waals surface area contributed by atoms with Crippen LogP contribution in [0.4, 0.5) is 5.82 Å². The van der Waals surface area contributed by atoms with Crippen LogP contribution in [0.15, 0.2) is 0 Å². The number of hydrogen-bond donors (Lipinski definition) is 1. The number of anilines is 1. The Morgan fingerprint density at radius 1 is 1.24 bits per heavy atom. The molecule has 1 N–H and O–H groups in total. The van der Waals surface area contributed by atoms with Gasteiger partial charge in [0.15, 0.2) is 0 Å². The number of aryl methyl sites for hydroxylation is 3. The average molecular weight is 381 g/mol. The first-order chi connectivity index (χ1) is 12.0. The zero-order chi connectivity index (χ0) is 17.6. The van der Waals surface area contributed by atoms with Gasteiger partial charge in [-0.2, -0.15) is 0 Å². The van der Waals surface area contributed by atoms with Crippen LogP contribution in [0.5, 0.6) is 0 Å². The van der Waals surface area contributed by atoms with Crippen molar-refractivity contribution in [3.05, 3.63) is 16.3 Å². The van der Waals surface area contributed by atoms with Crippen LogP contribution in [0.3, 0.4) is 0 Å². The monoisotopic (exact) mass is 380 g/mol. The first-order valence-corrected chi connectivity index (χ1v) is 11.4.